The molecule has 0 bridgehead atoms. The lowest BCUT2D eigenvalue weighted by molar-refractivity contribution is 0.607. The number of nitrogens with two attached hydrogens (primary N) is 1. The number of anilines is 1. The molecule has 0 unspecified atom stereocenters. The van der Waals surface area contributed by atoms with Crippen LogP contribution in [0.15, 0.2) is 48.5 Å². The highest BCUT2D eigenvalue weighted by Gasteiger charge is 2.11. The van der Waals surface area contributed by atoms with Gasteiger partial charge in [0.05, 0.1) is 16.9 Å². The van der Waals surface area contributed by atoms with Crippen molar-refractivity contribution in [3.8, 4) is 11.3 Å². The first-order chi connectivity index (χ1) is 9.15. The molecule has 0 fully saturated rings. The molecule has 2 nitrogen and oxygen atoms in total. The molecule has 0 aliphatic rings. The molecule has 94 valence electrons. The lowest BCUT2D eigenvalue weighted by Gasteiger charge is -2.06. The minimum atomic E-state index is -0.647. The molecule has 3 rings (SSSR count). The van der Waals surface area contributed by atoms with Gasteiger partial charge in [-0.05, 0) is 18.2 Å². The van der Waals surface area contributed by atoms with Gasteiger partial charge in [0, 0.05) is 17.0 Å². The van der Waals surface area contributed by atoms with Gasteiger partial charge in [-0.25, -0.2) is 13.8 Å². The summed E-state index contributed by atoms with van der Waals surface area (Å²) in [5.41, 5.74) is 6.34. The molecule has 0 radical (unpaired) electrons. The van der Waals surface area contributed by atoms with Gasteiger partial charge in [0.2, 0.25) is 0 Å². The molecule has 0 spiro atoms. The Morgan fingerprint density at radius 2 is 1.68 bits per heavy atom. The van der Waals surface area contributed by atoms with E-state index in [0.717, 1.165) is 23.0 Å². The highest BCUT2D eigenvalue weighted by molar-refractivity contribution is 5.81. The van der Waals surface area contributed by atoms with Crippen LogP contribution >= 0.6 is 0 Å². The minimum absolute atomic E-state index is 0.109. The van der Waals surface area contributed by atoms with Gasteiger partial charge in [0.1, 0.15) is 11.6 Å². The Morgan fingerprint density at radius 3 is 2.53 bits per heavy atom. The Morgan fingerprint density at radius 1 is 0.895 bits per heavy atom. The van der Waals surface area contributed by atoms with Crippen LogP contribution in [0.25, 0.3) is 22.2 Å². The standard InChI is InChI=1S/C15H10F2N2/c16-11-8-13(18)12(17)7-10(11)15-6-5-9-3-1-2-4-14(9)19-15/h1-8H,18H2. The molecule has 0 aliphatic heterocycles. The summed E-state index contributed by atoms with van der Waals surface area (Å²) >= 11 is 0. The molecule has 1 aromatic heterocycles. The monoisotopic (exact) mass is 256 g/mol. The summed E-state index contributed by atoms with van der Waals surface area (Å²) in [4.78, 5) is 4.33. The summed E-state index contributed by atoms with van der Waals surface area (Å²) in [5.74, 6) is -1.23. The number of nitrogens with zero attached hydrogens (tertiary/aromatic N) is 1. The average Bonchev–Trinajstić information content (AvgIpc) is 2.42. The fourth-order valence-corrected chi connectivity index (χ4v) is 1.97. The van der Waals surface area contributed by atoms with E-state index >= 15 is 0 Å². The van der Waals surface area contributed by atoms with Crippen molar-refractivity contribution in [2.24, 2.45) is 0 Å². The van der Waals surface area contributed by atoms with Crippen LogP contribution in [0.4, 0.5) is 14.5 Å². The average molecular weight is 256 g/mol. The zero-order chi connectivity index (χ0) is 13.4. The summed E-state index contributed by atoms with van der Waals surface area (Å²) in [7, 11) is 0. The van der Waals surface area contributed by atoms with Crippen molar-refractivity contribution in [3.05, 3.63) is 60.2 Å². The molecule has 0 aliphatic carbocycles. The van der Waals surface area contributed by atoms with Gasteiger partial charge in [-0.2, -0.15) is 0 Å². The molecule has 19 heavy (non-hydrogen) atoms. The first kappa shape index (κ1) is 11.6. The predicted molar refractivity (Wildman–Crippen MR) is 71.5 cm³/mol. The van der Waals surface area contributed by atoms with Gasteiger partial charge < -0.3 is 5.73 Å². The first-order valence-electron chi connectivity index (χ1n) is 5.76. The zero-order valence-corrected chi connectivity index (χ0v) is 9.90. The molecule has 2 N–H and O–H groups in total. The molecule has 0 saturated carbocycles. The third kappa shape index (κ3) is 2.01. The number of nitrogen functional groups attached to an aromatic ring is 1. The van der Waals surface area contributed by atoms with E-state index in [1.165, 1.54) is 0 Å². The highest BCUT2D eigenvalue weighted by atomic mass is 19.1. The number of benzene rings is 2. The Balaban J connectivity index is 2.21. The maximum Gasteiger partial charge on any atom is 0.146 e. The minimum Gasteiger partial charge on any atom is -0.396 e. The number of para-hydroxylation sites is 1. The second kappa shape index (κ2) is 4.31. The normalized spacial score (nSPS) is 10.8. The topological polar surface area (TPSA) is 38.9 Å². The summed E-state index contributed by atoms with van der Waals surface area (Å²) in [6.07, 6.45) is 0. The van der Waals surface area contributed by atoms with Crippen molar-refractivity contribution in [2.45, 2.75) is 0 Å². The number of hydrogen-bond acceptors (Lipinski definition) is 2. The van der Waals surface area contributed by atoms with Crippen LogP contribution in [0, 0.1) is 11.6 Å². The van der Waals surface area contributed by atoms with E-state index in [2.05, 4.69) is 4.98 Å². The van der Waals surface area contributed by atoms with E-state index in [9.17, 15) is 8.78 Å². The van der Waals surface area contributed by atoms with Crippen molar-refractivity contribution in [3.63, 3.8) is 0 Å². The van der Waals surface area contributed by atoms with Gasteiger partial charge in [-0.15, -0.1) is 0 Å². The summed E-state index contributed by atoms with van der Waals surface area (Å²) < 4.78 is 27.3. The van der Waals surface area contributed by atoms with Crippen molar-refractivity contribution in [2.75, 3.05) is 5.73 Å². The third-order valence-electron chi connectivity index (χ3n) is 2.96. The largest absolute Gasteiger partial charge is 0.396 e. The number of aromatic nitrogens is 1. The van der Waals surface area contributed by atoms with Gasteiger partial charge in [0.25, 0.3) is 0 Å². The second-order valence-electron chi connectivity index (χ2n) is 4.24. The SMILES string of the molecule is Nc1cc(F)c(-c2ccc3ccccc3n2)cc1F. The van der Waals surface area contributed by atoms with E-state index in [-0.39, 0.29) is 11.3 Å². The smallest absolute Gasteiger partial charge is 0.146 e. The van der Waals surface area contributed by atoms with E-state index < -0.39 is 11.6 Å². The van der Waals surface area contributed by atoms with Crippen LogP contribution in [0.1, 0.15) is 0 Å². The molecule has 3 aromatic rings. The van der Waals surface area contributed by atoms with Gasteiger partial charge in [-0.1, -0.05) is 24.3 Å². The Hall–Kier alpha value is -2.49. The maximum absolute atomic E-state index is 13.8. The predicted octanol–water partition coefficient (Wildman–Crippen LogP) is 3.76. The molecule has 0 saturated heterocycles. The number of pyridine rings is 1. The number of hydrogen-bond donors (Lipinski definition) is 1. The molecule has 0 amide bonds. The van der Waals surface area contributed by atoms with Crippen LogP contribution in [0.3, 0.4) is 0 Å². The van der Waals surface area contributed by atoms with Crippen molar-refractivity contribution in [1.82, 2.24) is 4.98 Å². The van der Waals surface area contributed by atoms with Crippen LogP contribution in [-0.4, -0.2) is 4.98 Å². The highest BCUT2D eigenvalue weighted by Crippen LogP contribution is 2.26. The number of rotatable bonds is 1. The summed E-state index contributed by atoms with van der Waals surface area (Å²) in [5, 5.41) is 0.947. The van der Waals surface area contributed by atoms with Crippen LogP contribution in [-0.2, 0) is 0 Å². The Labute approximate surface area is 108 Å². The van der Waals surface area contributed by atoms with Crippen LogP contribution in [0.5, 0.6) is 0 Å². The lowest BCUT2D eigenvalue weighted by atomic mass is 10.1. The van der Waals surface area contributed by atoms with Gasteiger partial charge in [-0.3, -0.25) is 0 Å². The number of fused-ring (bicyclic) bond motifs is 1. The number of halogens is 2. The van der Waals surface area contributed by atoms with Crippen LogP contribution < -0.4 is 5.73 Å². The van der Waals surface area contributed by atoms with Crippen LogP contribution in [0.2, 0.25) is 0 Å². The van der Waals surface area contributed by atoms with Crippen molar-refractivity contribution in [1.29, 1.82) is 0 Å². The van der Waals surface area contributed by atoms with Crippen molar-refractivity contribution < 1.29 is 8.78 Å². The zero-order valence-electron chi connectivity index (χ0n) is 9.90. The maximum atomic E-state index is 13.8. The molecular formula is C15H10F2N2. The first-order valence-corrected chi connectivity index (χ1v) is 5.76. The lowest BCUT2D eigenvalue weighted by Crippen LogP contribution is -1.96. The quantitative estimate of drug-likeness (QED) is 0.673. The molecular weight excluding hydrogens is 246 g/mol. The van der Waals surface area contributed by atoms with Crippen molar-refractivity contribution >= 4 is 16.6 Å². The van der Waals surface area contributed by atoms with E-state index in [1.807, 2.05) is 30.3 Å². The fourth-order valence-electron chi connectivity index (χ4n) is 1.97. The summed E-state index contributed by atoms with van der Waals surface area (Å²) in [6, 6.07) is 13.0. The van der Waals surface area contributed by atoms with E-state index in [1.54, 1.807) is 6.07 Å². The fraction of sp³-hybridized carbons (Fsp3) is 0. The molecule has 0 atom stereocenters. The summed E-state index contributed by atoms with van der Waals surface area (Å²) in [6.45, 7) is 0. The Kier molecular flexibility index (Phi) is 2.63. The molecule has 1 heterocycles. The van der Waals surface area contributed by atoms with E-state index in [0.29, 0.717) is 5.69 Å². The Bertz CT molecular complexity index is 769. The molecule has 2 aromatic carbocycles. The van der Waals surface area contributed by atoms with Gasteiger partial charge >= 0.3 is 0 Å². The third-order valence-corrected chi connectivity index (χ3v) is 2.96. The van der Waals surface area contributed by atoms with E-state index in [4.69, 9.17) is 5.73 Å². The second-order valence-corrected chi connectivity index (χ2v) is 4.24. The molecule has 4 heteroatoms. The van der Waals surface area contributed by atoms with Gasteiger partial charge in [0.15, 0.2) is 0 Å².